The fourth-order valence-electron chi connectivity index (χ4n) is 5.06. The van der Waals surface area contributed by atoms with Gasteiger partial charge in [-0.05, 0) is 80.4 Å². The standard InChI is InChI=1S/C33H52N7O15PS2/c1-57-13-10-21(29(46)38-23(33(50)51)5-3-4-12-34)37-32(49)25(17-27(43)44)40-30(47)22(11-14-58-2)36-31(48)24(39-28(45)20(35)16-26(41)42)15-18-6-8-19(9-7-18)55-56(52,53)54/h6-9,20-25H,3-5,10-17,34-35H2,1-2H3,(H,36,48)(H,37,49)(H,38,46)(H,39,45)(H,40,47)(H,41,42)(H,43,44)(H,50,51)(H2,52,53,54)/t20-,21-,22-,23-,24-,25-/m0/s1. The van der Waals surface area contributed by atoms with Gasteiger partial charge in [0.1, 0.15) is 36.0 Å². The summed E-state index contributed by atoms with van der Waals surface area (Å²) in [5.74, 6) is -8.88. The molecule has 0 heterocycles. The zero-order valence-electron chi connectivity index (χ0n) is 31.8. The Morgan fingerprint density at radius 2 is 1.10 bits per heavy atom. The Morgan fingerprint density at radius 3 is 1.55 bits per heavy atom. The highest BCUT2D eigenvalue weighted by atomic mass is 32.2. The molecule has 14 N–H and O–H groups in total. The van der Waals surface area contributed by atoms with Crippen LogP contribution >= 0.6 is 31.3 Å². The van der Waals surface area contributed by atoms with Crippen LogP contribution in [-0.2, 0) is 49.3 Å². The molecule has 1 rings (SSSR count). The molecule has 326 valence electrons. The second kappa shape index (κ2) is 26.5. The van der Waals surface area contributed by atoms with Gasteiger partial charge >= 0.3 is 25.7 Å². The van der Waals surface area contributed by atoms with Gasteiger partial charge in [-0.25, -0.2) is 9.36 Å². The van der Waals surface area contributed by atoms with Gasteiger partial charge in [-0.3, -0.25) is 43.3 Å². The lowest BCUT2D eigenvalue weighted by atomic mass is 10.0. The predicted octanol–water partition coefficient (Wildman–Crippen LogP) is -1.88. The highest BCUT2D eigenvalue weighted by Gasteiger charge is 2.34. The van der Waals surface area contributed by atoms with Crippen LogP contribution in [0.15, 0.2) is 24.3 Å². The second-order valence-corrected chi connectivity index (χ2v) is 15.9. The summed E-state index contributed by atoms with van der Waals surface area (Å²) < 4.78 is 15.7. The van der Waals surface area contributed by atoms with Crippen molar-refractivity contribution < 1.29 is 72.6 Å². The van der Waals surface area contributed by atoms with Gasteiger partial charge in [-0.1, -0.05) is 12.1 Å². The number of thioether (sulfide) groups is 2. The van der Waals surface area contributed by atoms with Crippen LogP contribution in [0.1, 0.15) is 50.5 Å². The Balaban J connectivity index is 3.37. The molecule has 0 aliphatic heterocycles. The van der Waals surface area contributed by atoms with Crippen LogP contribution in [-0.4, -0.2) is 139 Å². The van der Waals surface area contributed by atoms with E-state index in [1.165, 1.54) is 47.8 Å². The molecule has 0 spiro atoms. The Hall–Kier alpha value is -4.45. The number of phosphoric acid groups is 1. The van der Waals surface area contributed by atoms with Crippen molar-refractivity contribution in [1.29, 1.82) is 0 Å². The molecule has 0 unspecified atom stereocenters. The number of phosphoric ester groups is 1. The summed E-state index contributed by atoms with van der Waals surface area (Å²) in [6, 6.07) is -4.00. The average molecular weight is 882 g/mol. The lowest BCUT2D eigenvalue weighted by molar-refractivity contribution is -0.143. The molecular formula is C33H52N7O15PS2. The summed E-state index contributed by atoms with van der Waals surface area (Å²) in [6.07, 6.45) is 2.23. The number of aliphatic carboxylic acids is 3. The number of unbranched alkanes of at least 4 members (excludes halogenated alkanes) is 1. The molecular weight excluding hydrogens is 830 g/mol. The van der Waals surface area contributed by atoms with Gasteiger partial charge in [0.05, 0.1) is 18.9 Å². The van der Waals surface area contributed by atoms with Crippen LogP contribution in [0.3, 0.4) is 0 Å². The first kappa shape index (κ1) is 51.6. The van der Waals surface area contributed by atoms with E-state index in [2.05, 4.69) is 31.1 Å². The third-order valence-electron chi connectivity index (χ3n) is 8.01. The molecule has 0 radical (unpaired) electrons. The first-order valence-electron chi connectivity index (χ1n) is 17.7. The topological polar surface area (TPSA) is 376 Å². The third kappa shape index (κ3) is 20.8. The lowest BCUT2D eigenvalue weighted by Crippen LogP contribution is -2.60. The van der Waals surface area contributed by atoms with E-state index in [0.29, 0.717) is 30.7 Å². The molecule has 25 heteroatoms. The molecule has 5 amide bonds. The predicted molar refractivity (Wildman–Crippen MR) is 211 cm³/mol. The Bertz CT molecular complexity index is 1620. The third-order valence-corrected chi connectivity index (χ3v) is 9.75. The SMILES string of the molecule is CSCC[C@H](NC(=O)[C@H](CC(=O)O)NC(=O)[C@H](CCSC)NC(=O)[C@H](Cc1ccc(OP(=O)(O)O)cc1)NC(=O)[C@@H](N)CC(=O)O)C(=O)N[C@@H](CCCCN)C(=O)O. The average Bonchev–Trinajstić information content (AvgIpc) is 3.13. The van der Waals surface area contributed by atoms with E-state index in [9.17, 15) is 53.1 Å². The fourth-order valence-corrected chi connectivity index (χ4v) is 6.40. The molecule has 0 fully saturated rings. The molecule has 6 atom stereocenters. The van der Waals surface area contributed by atoms with Crippen LogP contribution < -0.4 is 42.6 Å². The van der Waals surface area contributed by atoms with E-state index in [1.807, 2.05) is 0 Å². The molecule has 22 nitrogen and oxygen atoms in total. The Labute approximate surface area is 342 Å². The minimum absolute atomic E-state index is 0.0106. The number of nitrogens with one attached hydrogen (secondary N) is 5. The van der Waals surface area contributed by atoms with Gasteiger partial charge in [-0.2, -0.15) is 23.5 Å². The van der Waals surface area contributed by atoms with Crippen LogP contribution in [0.5, 0.6) is 5.75 Å². The molecule has 58 heavy (non-hydrogen) atoms. The van der Waals surface area contributed by atoms with Crippen molar-refractivity contribution in [3.8, 4) is 5.75 Å². The van der Waals surface area contributed by atoms with Crippen molar-refractivity contribution in [2.45, 2.75) is 87.6 Å². The number of carbonyl (C=O) groups is 8. The van der Waals surface area contributed by atoms with Crippen molar-refractivity contribution in [2.24, 2.45) is 11.5 Å². The molecule has 0 aliphatic rings. The van der Waals surface area contributed by atoms with E-state index in [4.69, 9.17) is 26.4 Å². The number of amides is 5. The highest BCUT2D eigenvalue weighted by molar-refractivity contribution is 7.98. The first-order chi connectivity index (χ1) is 27.2. The number of hydrogen-bond acceptors (Lipinski definition) is 14. The number of hydrogen-bond donors (Lipinski definition) is 12. The van der Waals surface area contributed by atoms with E-state index in [0.717, 1.165) is 0 Å². The second-order valence-electron chi connectivity index (χ2n) is 12.7. The minimum atomic E-state index is -4.90. The van der Waals surface area contributed by atoms with Crippen molar-refractivity contribution in [3.05, 3.63) is 29.8 Å². The molecule has 0 saturated heterocycles. The largest absolute Gasteiger partial charge is 0.524 e. The lowest BCUT2D eigenvalue weighted by Gasteiger charge is -2.27. The monoisotopic (exact) mass is 881 g/mol. The summed E-state index contributed by atoms with van der Waals surface area (Å²) in [4.78, 5) is 120. The van der Waals surface area contributed by atoms with Gasteiger partial charge in [0.2, 0.25) is 29.5 Å². The summed E-state index contributed by atoms with van der Waals surface area (Å²) in [6.45, 7) is 0.308. The van der Waals surface area contributed by atoms with Gasteiger partial charge in [0.25, 0.3) is 0 Å². The smallest absolute Gasteiger partial charge is 0.481 e. The van der Waals surface area contributed by atoms with E-state index >= 15 is 0 Å². The zero-order valence-corrected chi connectivity index (χ0v) is 34.3. The van der Waals surface area contributed by atoms with Crippen molar-refractivity contribution in [2.75, 3.05) is 30.6 Å². The summed E-state index contributed by atoms with van der Waals surface area (Å²) in [5, 5.41) is 40.2. The Kier molecular flexibility index (Phi) is 23.6. The maximum atomic E-state index is 13.7. The summed E-state index contributed by atoms with van der Waals surface area (Å²) >= 11 is 2.59. The molecule has 0 aliphatic carbocycles. The van der Waals surface area contributed by atoms with E-state index in [1.54, 1.807) is 12.5 Å². The maximum Gasteiger partial charge on any atom is 0.524 e. The van der Waals surface area contributed by atoms with Crippen molar-refractivity contribution in [3.63, 3.8) is 0 Å². The van der Waals surface area contributed by atoms with Crippen LogP contribution in [0.4, 0.5) is 0 Å². The minimum Gasteiger partial charge on any atom is -0.481 e. The molecule has 1 aromatic rings. The quantitative estimate of drug-likeness (QED) is 0.0309. The van der Waals surface area contributed by atoms with Gasteiger partial charge in [0, 0.05) is 6.42 Å². The normalized spacial score (nSPS) is 14.3. The van der Waals surface area contributed by atoms with Crippen LogP contribution in [0.25, 0.3) is 0 Å². The highest BCUT2D eigenvalue weighted by Crippen LogP contribution is 2.37. The number of carbonyl (C=O) groups excluding carboxylic acids is 5. The van der Waals surface area contributed by atoms with Gasteiger partial charge < -0.3 is 57.9 Å². The van der Waals surface area contributed by atoms with Crippen LogP contribution in [0.2, 0.25) is 0 Å². The maximum absolute atomic E-state index is 13.7. The number of carboxylic acid groups (broad SMARTS) is 3. The number of nitrogens with two attached hydrogens (primary N) is 2. The van der Waals surface area contributed by atoms with E-state index in [-0.39, 0.29) is 37.2 Å². The van der Waals surface area contributed by atoms with E-state index < -0.39 is 104 Å². The fraction of sp³-hybridized carbons (Fsp3) is 0.576. The van der Waals surface area contributed by atoms with Crippen LogP contribution in [0, 0.1) is 0 Å². The summed E-state index contributed by atoms with van der Waals surface area (Å²) in [7, 11) is -4.90. The molecule has 0 bridgehead atoms. The number of rotatable bonds is 29. The zero-order chi connectivity index (χ0) is 44.0. The molecule has 1 aromatic carbocycles. The van der Waals surface area contributed by atoms with Crippen molar-refractivity contribution >= 4 is 78.8 Å². The van der Waals surface area contributed by atoms with Crippen molar-refractivity contribution in [1.82, 2.24) is 26.6 Å². The molecule has 0 saturated carbocycles. The first-order valence-corrected chi connectivity index (χ1v) is 22.0. The van der Waals surface area contributed by atoms with Gasteiger partial charge in [-0.15, -0.1) is 0 Å². The summed E-state index contributed by atoms with van der Waals surface area (Å²) in [5.41, 5.74) is 11.5. The number of carboxylic acids is 3. The number of benzene rings is 1. The molecule has 0 aromatic heterocycles. The van der Waals surface area contributed by atoms with Gasteiger partial charge in [0.15, 0.2) is 0 Å². The Morgan fingerprint density at radius 1 is 0.655 bits per heavy atom.